The summed E-state index contributed by atoms with van der Waals surface area (Å²) in [7, 11) is -0.251. The van der Waals surface area contributed by atoms with E-state index < -0.39 is 0 Å². The molecule has 120 valence electrons. The molecule has 1 aromatic rings. The third-order valence-electron chi connectivity index (χ3n) is 5.59. The molecule has 0 unspecified atom stereocenters. The van der Waals surface area contributed by atoms with Crippen molar-refractivity contribution in [2.24, 2.45) is 0 Å². The maximum absolute atomic E-state index is 6.16. The van der Waals surface area contributed by atoms with Crippen molar-refractivity contribution in [3.63, 3.8) is 0 Å². The molecule has 2 aliphatic rings. The summed E-state index contributed by atoms with van der Waals surface area (Å²) in [5.74, 6) is 0.744. The summed E-state index contributed by atoms with van der Waals surface area (Å²) in [6.07, 6.45) is 6.83. The van der Waals surface area contributed by atoms with Gasteiger partial charge in [0.25, 0.3) is 0 Å². The molecule has 1 aliphatic heterocycles. The van der Waals surface area contributed by atoms with Gasteiger partial charge in [0, 0.05) is 3.57 Å². The van der Waals surface area contributed by atoms with Crippen LogP contribution in [-0.2, 0) is 9.31 Å². The zero-order valence-electron chi connectivity index (χ0n) is 14.1. The number of hydrogen-bond donors (Lipinski definition) is 0. The van der Waals surface area contributed by atoms with Crippen molar-refractivity contribution in [1.82, 2.24) is 0 Å². The lowest BCUT2D eigenvalue weighted by Crippen LogP contribution is -2.41. The van der Waals surface area contributed by atoms with Gasteiger partial charge >= 0.3 is 7.12 Å². The third-order valence-corrected chi connectivity index (χ3v) is 6.53. The molecule has 0 N–H and O–H groups in total. The summed E-state index contributed by atoms with van der Waals surface area (Å²) >= 11 is 2.48. The molecule has 1 aromatic carbocycles. The molecule has 0 spiro atoms. The molecule has 3 rings (SSSR count). The second-order valence-electron chi connectivity index (χ2n) is 7.70. The minimum absolute atomic E-state index is 0.251. The molecule has 22 heavy (non-hydrogen) atoms. The maximum atomic E-state index is 6.16. The Balaban J connectivity index is 1.81. The summed E-state index contributed by atoms with van der Waals surface area (Å²) < 4.78 is 13.7. The first-order chi connectivity index (χ1) is 10.3. The Morgan fingerprint density at radius 3 is 2.14 bits per heavy atom. The molecule has 0 aromatic heterocycles. The van der Waals surface area contributed by atoms with Gasteiger partial charge in [-0.05, 0) is 86.1 Å². The van der Waals surface area contributed by atoms with Gasteiger partial charge in [-0.25, -0.2) is 0 Å². The van der Waals surface area contributed by atoms with Crippen molar-refractivity contribution < 1.29 is 9.31 Å². The fourth-order valence-corrected chi connectivity index (χ4v) is 4.39. The highest BCUT2D eigenvalue weighted by Gasteiger charge is 2.51. The van der Waals surface area contributed by atoms with Crippen molar-refractivity contribution in [2.75, 3.05) is 0 Å². The number of benzene rings is 1. The van der Waals surface area contributed by atoms with Crippen LogP contribution < -0.4 is 5.46 Å². The molecule has 0 atom stereocenters. The molecule has 0 radical (unpaired) electrons. The second kappa shape index (κ2) is 6.10. The molecule has 1 heterocycles. The zero-order chi connectivity index (χ0) is 16.0. The molecule has 0 amide bonds. The average molecular weight is 412 g/mol. The molecular weight excluding hydrogens is 386 g/mol. The van der Waals surface area contributed by atoms with Crippen LogP contribution in [0, 0.1) is 3.57 Å². The number of hydrogen-bond acceptors (Lipinski definition) is 2. The number of rotatable bonds is 2. The summed E-state index contributed by atoms with van der Waals surface area (Å²) in [5, 5.41) is 0. The minimum Gasteiger partial charge on any atom is -0.399 e. The SMILES string of the molecule is CC1(C)OB(c2ccc(C3CCCCC3)c(I)c2)OC1(C)C. The van der Waals surface area contributed by atoms with Crippen molar-refractivity contribution in [3.05, 3.63) is 27.3 Å². The quantitative estimate of drug-likeness (QED) is 0.521. The van der Waals surface area contributed by atoms with E-state index in [0.29, 0.717) is 0 Å². The summed E-state index contributed by atoms with van der Waals surface area (Å²) in [6, 6.07) is 6.76. The molecule has 2 nitrogen and oxygen atoms in total. The Morgan fingerprint density at radius 1 is 1.00 bits per heavy atom. The second-order valence-corrected chi connectivity index (χ2v) is 8.87. The average Bonchev–Trinajstić information content (AvgIpc) is 2.68. The van der Waals surface area contributed by atoms with E-state index >= 15 is 0 Å². The van der Waals surface area contributed by atoms with Crippen LogP contribution in [0.25, 0.3) is 0 Å². The smallest absolute Gasteiger partial charge is 0.399 e. The van der Waals surface area contributed by atoms with E-state index in [1.807, 2.05) is 0 Å². The lowest BCUT2D eigenvalue weighted by molar-refractivity contribution is 0.00578. The Hall–Kier alpha value is -0.0651. The summed E-state index contributed by atoms with van der Waals surface area (Å²) in [5.41, 5.74) is 2.11. The van der Waals surface area contributed by atoms with Crippen molar-refractivity contribution >= 4 is 35.2 Å². The van der Waals surface area contributed by atoms with Gasteiger partial charge in [-0.15, -0.1) is 0 Å². The van der Waals surface area contributed by atoms with Gasteiger partial charge in [-0.1, -0.05) is 31.4 Å². The normalized spacial score (nSPS) is 24.7. The molecular formula is C18H26BIO2. The predicted molar refractivity (Wildman–Crippen MR) is 101 cm³/mol. The van der Waals surface area contributed by atoms with Gasteiger partial charge in [0.1, 0.15) is 0 Å². The predicted octanol–water partition coefficient (Wildman–Crippen LogP) is 4.64. The van der Waals surface area contributed by atoms with E-state index in [1.165, 1.54) is 41.2 Å². The van der Waals surface area contributed by atoms with Crippen LogP contribution >= 0.6 is 22.6 Å². The van der Waals surface area contributed by atoms with Gasteiger partial charge in [0.05, 0.1) is 11.2 Å². The topological polar surface area (TPSA) is 18.5 Å². The Kier molecular flexibility index (Phi) is 4.65. The highest BCUT2D eigenvalue weighted by atomic mass is 127. The fraction of sp³-hybridized carbons (Fsp3) is 0.667. The van der Waals surface area contributed by atoms with Crippen LogP contribution in [-0.4, -0.2) is 18.3 Å². The van der Waals surface area contributed by atoms with E-state index in [9.17, 15) is 0 Å². The van der Waals surface area contributed by atoms with Gasteiger partial charge in [0.15, 0.2) is 0 Å². The minimum atomic E-state index is -0.273. The van der Waals surface area contributed by atoms with E-state index in [1.54, 1.807) is 0 Å². The summed E-state index contributed by atoms with van der Waals surface area (Å²) in [6.45, 7) is 8.42. The Labute approximate surface area is 148 Å². The van der Waals surface area contributed by atoms with Crippen LogP contribution in [0.15, 0.2) is 18.2 Å². The lowest BCUT2D eigenvalue weighted by atomic mass is 9.77. The molecule has 0 bridgehead atoms. The molecule has 1 saturated carbocycles. The van der Waals surface area contributed by atoms with Gasteiger partial charge in [-0.2, -0.15) is 0 Å². The third kappa shape index (κ3) is 3.11. The van der Waals surface area contributed by atoms with Crippen LogP contribution in [0.2, 0.25) is 0 Å². The van der Waals surface area contributed by atoms with E-state index in [-0.39, 0.29) is 18.3 Å². The van der Waals surface area contributed by atoms with Crippen LogP contribution in [0.3, 0.4) is 0 Å². The van der Waals surface area contributed by atoms with E-state index in [0.717, 1.165) is 11.4 Å². The first-order valence-corrected chi connectivity index (χ1v) is 9.53. The van der Waals surface area contributed by atoms with E-state index in [2.05, 4.69) is 68.5 Å². The van der Waals surface area contributed by atoms with Gasteiger partial charge in [0.2, 0.25) is 0 Å². The summed E-state index contributed by atoms with van der Waals surface area (Å²) in [4.78, 5) is 0. The first-order valence-electron chi connectivity index (χ1n) is 8.45. The zero-order valence-corrected chi connectivity index (χ0v) is 16.3. The van der Waals surface area contributed by atoms with Crippen molar-refractivity contribution in [3.8, 4) is 0 Å². The maximum Gasteiger partial charge on any atom is 0.494 e. The van der Waals surface area contributed by atoms with Gasteiger partial charge < -0.3 is 9.31 Å². The monoisotopic (exact) mass is 412 g/mol. The molecule has 1 aliphatic carbocycles. The number of halogens is 1. The Morgan fingerprint density at radius 2 is 1.59 bits per heavy atom. The standard InChI is InChI=1S/C18H26BIO2/c1-17(2)18(3,4)22-19(21-17)14-10-11-15(16(20)12-14)13-8-6-5-7-9-13/h10-13H,5-9H2,1-4H3. The van der Waals surface area contributed by atoms with Crippen molar-refractivity contribution in [2.45, 2.75) is 76.9 Å². The van der Waals surface area contributed by atoms with Crippen LogP contribution in [0.1, 0.15) is 71.3 Å². The van der Waals surface area contributed by atoms with Crippen LogP contribution in [0.5, 0.6) is 0 Å². The van der Waals surface area contributed by atoms with Gasteiger partial charge in [-0.3, -0.25) is 0 Å². The fourth-order valence-electron chi connectivity index (χ4n) is 3.41. The molecule has 2 fully saturated rings. The Bertz CT molecular complexity index is 534. The largest absolute Gasteiger partial charge is 0.494 e. The molecule has 4 heteroatoms. The highest BCUT2D eigenvalue weighted by Crippen LogP contribution is 2.37. The first kappa shape index (κ1) is 16.8. The molecule has 1 saturated heterocycles. The van der Waals surface area contributed by atoms with Crippen LogP contribution in [0.4, 0.5) is 0 Å². The lowest BCUT2D eigenvalue weighted by Gasteiger charge is -2.32. The van der Waals surface area contributed by atoms with Crippen molar-refractivity contribution in [1.29, 1.82) is 0 Å². The highest BCUT2D eigenvalue weighted by molar-refractivity contribution is 14.1. The van der Waals surface area contributed by atoms with E-state index in [4.69, 9.17) is 9.31 Å².